The van der Waals surface area contributed by atoms with Crippen molar-refractivity contribution in [3.05, 3.63) is 33.8 Å². The molecule has 1 amide bonds. The first-order chi connectivity index (χ1) is 9.02. The highest BCUT2D eigenvalue weighted by Gasteiger charge is 2.23. The van der Waals surface area contributed by atoms with Gasteiger partial charge >= 0.3 is 0 Å². The van der Waals surface area contributed by atoms with Gasteiger partial charge in [-0.2, -0.15) is 0 Å². The van der Waals surface area contributed by atoms with Crippen molar-refractivity contribution in [3.8, 4) is 0 Å². The Hall–Kier alpha value is -0.920. The van der Waals surface area contributed by atoms with Crippen LogP contribution in [0.5, 0.6) is 0 Å². The molecule has 0 atom stereocenters. The lowest BCUT2D eigenvalue weighted by Crippen LogP contribution is -2.51. The summed E-state index contributed by atoms with van der Waals surface area (Å²) in [5, 5.41) is 2.73. The van der Waals surface area contributed by atoms with Gasteiger partial charge < -0.3 is 5.32 Å². The molecule has 0 saturated carbocycles. The van der Waals surface area contributed by atoms with Gasteiger partial charge in [0, 0.05) is 16.6 Å². The van der Waals surface area contributed by atoms with E-state index in [1.165, 1.54) is 0 Å². The van der Waals surface area contributed by atoms with Crippen LogP contribution in [0.15, 0.2) is 22.7 Å². The minimum Gasteiger partial charge on any atom is -0.350 e. The number of hydrogen-bond acceptors (Lipinski definition) is 3. The molecule has 0 aliphatic carbocycles. The third-order valence-electron chi connectivity index (χ3n) is 2.59. The number of carbonyl (C=O) groups excluding carboxylic acids is 1. The molecule has 0 spiro atoms. The highest BCUT2D eigenvalue weighted by molar-refractivity contribution is 9.10. The van der Waals surface area contributed by atoms with Gasteiger partial charge in [-0.25, -0.2) is 13.1 Å². The molecule has 0 aliphatic rings. The lowest BCUT2D eigenvalue weighted by Gasteiger charge is -2.25. The van der Waals surface area contributed by atoms with Gasteiger partial charge in [-0.3, -0.25) is 4.79 Å². The second-order valence-corrected chi connectivity index (χ2v) is 7.92. The van der Waals surface area contributed by atoms with Gasteiger partial charge in [-0.1, -0.05) is 12.1 Å². The third kappa shape index (κ3) is 5.22. The first kappa shape index (κ1) is 17.1. The number of halogens is 1. The van der Waals surface area contributed by atoms with Gasteiger partial charge in [0.1, 0.15) is 0 Å². The Morgan fingerprint density at radius 3 is 2.50 bits per heavy atom. The van der Waals surface area contributed by atoms with Crippen molar-refractivity contribution in [1.82, 2.24) is 10.0 Å². The monoisotopic (exact) mass is 362 g/mol. The molecule has 0 aliphatic heterocycles. The van der Waals surface area contributed by atoms with Crippen molar-refractivity contribution < 1.29 is 13.2 Å². The zero-order chi connectivity index (χ0) is 15.6. The lowest BCUT2D eigenvalue weighted by atomic mass is 10.1. The average Bonchev–Trinajstić information content (AvgIpc) is 2.27. The summed E-state index contributed by atoms with van der Waals surface area (Å²) >= 11 is 3.38. The number of rotatable bonds is 5. The molecule has 5 nitrogen and oxygen atoms in total. The maximum Gasteiger partial charge on any atom is 0.252 e. The minimum absolute atomic E-state index is 0.194. The Morgan fingerprint density at radius 2 is 1.95 bits per heavy atom. The summed E-state index contributed by atoms with van der Waals surface area (Å²) in [5.74, 6) is -0.246. The molecule has 0 saturated heterocycles. The van der Waals surface area contributed by atoms with Crippen molar-refractivity contribution in [2.45, 2.75) is 26.3 Å². The van der Waals surface area contributed by atoms with Crippen LogP contribution >= 0.6 is 15.9 Å². The topological polar surface area (TPSA) is 75.3 Å². The first-order valence-electron chi connectivity index (χ1n) is 6.04. The van der Waals surface area contributed by atoms with Crippen molar-refractivity contribution in [2.75, 3.05) is 12.8 Å². The average molecular weight is 363 g/mol. The fraction of sp³-hybridized carbons (Fsp3) is 0.462. The van der Waals surface area contributed by atoms with Crippen LogP contribution in [0.1, 0.15) is 29.8 Å². The maximum atomic E-state index is 12.1. The third-order valence-corrected chi connectivity index (χ3v) is 4.56. The van der Waals surface area contributed by atoms with Crippen LogP contribution in [-0.4, -0.2) is 32.7 Å². The molecule has 1 aromatic carbocycles. The van der Waals surface area contributed by atoms with Crippen LogP contribution in [-0.2, 0) is 10.0 Å². The Kier molecular flexibility index (Phi) is 5.34. The summed E-state index contributed by atoms with van der Waals surface area (Å²) < 4.78 is 25.7. The van der Waals surface area contributed by atoms with Crippen molar-refractivity contribution in [2.24, 2.45) is 0 Å². The van der Waals surface area contributed by atoms with E-state index < -0.39 is 15.6 Å². The molecular formula is C13H19BrN2O3S. The number of benzene rings is 1. The Balaban J connectivity index is 2.75. The summed E-state index contributed by atoms with van der Waals surface area (Å²) in [5.41, 5.74) is 0.742. The first-order valence-corrected chi connectivity index (χ1v) is 8.72. The smallest absolute Gasteiger partial charge is 0.252 e. The van der Waals surface area contributed by atoms with Crippen molar-refractivity contribution >= 4 is 31.9 Å². The summed E-state index contributed by atoms with van der Waals surface area (Å²) in [6.07, 6.45) is 1.09. The van der Waals surface area contributed by atoms with E-state index in [4.69, 9.17) is 0 Å². The molecule has 0 heterocycles. The largest absolute Gasteiger partial charge is 0.350 e. The molecule has 0 aromatic heterocycles. The van der Waals surface area contributed by atoms with Gasteiger partial charge in [-0.15, -0.1) is 0 Å². The zero-order valence-corrected chi connectivity index (χ0v) is 14.4. The predicted octanol–water partition coefficient (Wildman–Crippen LogP) is 1.82. The van der Waals surface area contributed by atoms with E-state index in [9.17, 15) is 13.2 Å². The maximum absolute atomic E-state index is 12.1. The van der Waals surface area contributed by atoms with E-state index in [-0.39, 0.29) is 12.5 Å². The second-order valence-electron chi connectivity index (χ2n) is 5.38. The number of nitrogens with one attached hydrogen (secondary N) is 2. The Morgan fingerprint density at radius 1 is 1.35 bits per heavy atom. The second kappa shape index (κ2) is 6.24. The van der Waals surface area contributed by atoms with Gasteiger partial charge in [0.15, 0.2) is 0 Å². The van der Waals surface area contributed by atoms with Crippen LogP contribution in [0.2, 0.25) is 0 Å². The van der Waals surface area contributed by atoms with Crippen molar-refractivity contribution in [1.29, 1.82) is 0 Å². The van der Waals surface area contributed by atoms with E-state index >= 15 is 0 Å². The van der Waals surface area contributed by atoms with Crippen LogP contribution in [0.4, 0.5) is 0 Å². The summed E-state index contributed by atoms with van der Waals surface area (Å²) in [6.45, 7) is 5.51. The highest BCUT2D eigenvalue weighted by Crippen LogP contribution is 2.20. The molecule has 2 N–H and O–H groups in total. The minimum atomic E-state index is -3.32. The molecule has 0 bridgehead atoms. The Bertz CT molecular complexity index is 612. The summed E-state index contributed by atoms with van der Waals surface area (Å²) in [7, 11) is -3.32. The predicted molar refractivity (Wildman–Crippen MR) is 83.3 cm³/mol. The van der Waals surface area contributed by atoms with Gasteiger partial charge in [0.2, 0.25) is 10.0 Å². The molecule has 1 aromatic rings. The number of carbonyl (C=O) groups is 1. The molecule has 7 heteroatoms. The Labute approximate surface area is 128 Å². The van der Waals surface area contributed by atoms with Crippen LogP contribution in [0.3, 0.4) is 0 Å². The molecule has 0 radical (unpaired) electrons. The van der Waals surface area contributed by atoms with E-state index in [1.807, 2.05) is 13.0 Å². The fourth-order valence-electron chi connectivity index (χ4n) is 1.76. The molecular weight excluding hydrogens is 344 g/mol. The quantitative estimate of drug-likeness (QED) is 0.838. The fourth-order valence-corrected chi connectivity index (χ4v) is 3.28. The van der Waals surface area contributed by atoms with E-state index in [0.717, 1.165) is 16.3 Å². The molecule has 0 unspecified atom stereocenters. The number of sulfonamides is 1. The van der Waals surface area contributed by atoms with Gasteiger partial charge in [0.05, 0.1) is 11.8 Å². The molecule has 1 rings (SSSR count). The van der Waals surface area contributed by atoms with E-state index in [1.54, 1.807) is 26.0 Å². The number of hydrogen-bond donors (Lipinski definition) is 2. The van der Waals surface area contributed by atoms with Crippen LogP contribution in [0, 0.1) is 6.92 Å². The van der Waals surface area contributed by atoms with Crippen LogP contribution < -0.4 is 10.0 Å². The van der Waals surface area contributed by atoms with Gasteiger partial charge in [-0.05, 0) is 48.3 Å². The van der Waals surface area contributed by atoms with Crippen molar-refractivity contribution in [3.63, 3.8) is 0 Å². The number of aryl methyl sites for hydroxylation is 1. The standard InChI is InChI=1S/C13H19BrN2O3S/c1-9-6-5-7-10(11(9)14)12(17)15-8-13(2,3)16-20(4,18)19/h5-7,16H,8H2,1-4H3,(H,15,17). The molecule has 20 heavy (non-hydrogen) atoms. The van der Waals surface area contributed by atoms with Gasteiger partial charge in [0.25, 0.3) is 5.91 Å². The molecule has 112 valence electrons. The summed E-state index contributed by atoms with van der Waals surface area (Å²) in [6, 6.07) is 5.41. The highest BCUT2D eigenvalue weighted by atomic mass is 79.9. The number of amides is 1. The van der Waals surface area contributed by atoms with E-state index in [2.05, 4.69) is 26.0 Å². The lowest BCUT2D eigenvalue weighted by molar-refractivity contribution is 0.0943. The molecule has 0 fully saturated rings. The summed E-state index contributed by atoms with van der Waals surface area (Å²) in [4.78, 5) is 12.1. The zero-order valence-electron chi connectivity index (χ0n) is 12.0. The SMILES string of the molecule is Cc1cccc(C(=O)NCC(C)(C)NS(C)(=O)=O)c1Br. The normalized spacial score (nSPS) is 12.2. The van der Waals surface area contributed by atoms with Crippen LogP contribution in [0.25, 0.3) is 0 Å². The van der Waals surface area contributed by atoms with E-state index in [0.29, 0.717) is 5.56 Å².